The average Bonchev–Trinajstić information content (AvgIpc) is 2.37. The van der Waals surface area contributed by atoms with Gasteiger partial charge in [-0.15, -0.1) is 0 Å². The molecule has 108 valence electrons. The summed E-state index contributed by atoms with van der Waals surface area (Å²) in [7, 11) is -3.55. The van der Waals surface area contributed by atoms with Crippen molar-refractivity contribution < 1.29 is 23.1 Å². The molecule has 1 heterocycles. The average molecular weight is 288 g/mol. The molecule has 1 aliphatic heterocycles. The second kappa shape index (κ2) is 5.39. The van der Waals surface area contributed by atoms with Crippen LogP contribution in [0, 0.1) is 11.8 Å². The smallest absolute Gasteiger partial charge is 0.348 e. The molecule has 0 aromatic rings. The third kappa shape index (κ3) is 2.18. The fourth-order valence-corrected chi connectivity index (χ4v) is 5.45. The van der Waals surface area contributed by atoms with Crippen molar-refractivity contribution in [3.63, 3.8) is 0 Å². The number of esters is 1. The molecule has 1 aliphatic carbocycles. The van der Waals surface area contributed by atoms with E-state index in [1.54, 1.807) is 13.8 Å². The van der Waals surface area contributed by atoms with Crippen molar-refractivity contribution in [2.24, 2.45) is 11.8 Å². The maximum Gasteiger partial charge on any atom is 0.348 e. The molecule has 1 fully saturated rings. The van der Waals surface area contributed by atoms with Crippen LogP contribution < -0.4 is 0 Å². The zero-order valence-corrected chi connectivity index (χ0v) is 12.5. The second-order valence-corrected chi connectivity index (χ2v) is 7.30. The molecule has 3 atom stereocenters. The first kappa shape index (κ1) is 14.8. The molecular weight excluding hydrogens is 267 g/mol. The summed E-state index contributed by atoms with van der Waals surface area (Å²) in [4.78, 5) is 12.3. The second-order valence-electron chi connectivity index (χ2n) is 4.99. The van der Waals surface area contributed by atoms with E-state index in [1.165, 1.54) is 0 Å². The van der Waals surface area contributed by atoms with Crippen molar-refractivity contribution in [3.05, 3.63) is 12.2 Å². The molecular formula is C13H21O5P. The lowest BCUT2D eigenvalue weighted by atomic mass is 9.77. The van der Waals surface area contributed by atoms with Crippen molar-refractivity contribution in [1.29, 1.82) is 0 Å². The molecule has 0 saturated carbocycles. The number of carbonyl (C=O) groups excluding carboxylic acids is 1. The van der Waals surface area contributed by atoms with E-state index in [-0.39, 0.29) is 25.0 Å². The number of carbonyl (C=O) groups is 1. The first-order valence-electron chi connectivity index (χ1n) is 6.75. The normalized spacial score (nSPS) is 34.2. The van der Waals surface area contributed by atoms with Gasteiger partial charge in [-0.1, -0.05) is 19.1 Å². The van der Waals surface area contributed by atoms with Crippen LogP contribution in [0.1, 0.15) is 27.2 Å². The Kier molecular flexibility index (Phi) is 4.19. The van der Waals surface area contributed by atoms with Gasteiger partial charge in [0, 0.05) is 11.8 Å². The van der Waals surface area contributed by atoms with Gasteiger partial charge < -0.3 is 13.8 Å². The Labute approximate surface area is 113 Å². The Morgan fingerprint density at radius 2 is 2.00 bits per heavy atom. The fourth-order valence-electron chi connectivity index (χ4n) is 2.91. The molecule has 2 aliphatic rings. The number of hydrogen-bond donors (Lipinski definition) is 0. The van der Waals surface area contributed by atoms with Gasteiger partial charge in [0.25, 0.3) is 0 Å². The molecule has 1 saturated heterocycles. The molecule has 0 radical (unpaired) electrons. The Morgan fingerprint density at radius 3 is 2.58 bits per heavy atom. The zero-order chi connectivity index (χ0) is 14.1. The number of fused-ring (bicyclic) bond motifs is 2. The lowest BCUT2D eigenvalue weighted by molar-refractivity contribution is -0.156. The number of allylic oxidation sites excluding steroid dienone is 1. The van der Waals surface area contributed by atoms with E-state index in [1.807, 2.05) is 19.1 Å². The van der Waals surface area contributed by atoms with Gasteiger partial charge in [0.05, 0.1) is 19.8 Å². The van der Waals surface area contributed by atoms with Crippen LogP contribution in [0.2, 0.25) is 0 Å². The molecule has 19 heavy (non-hydrogen) atoms. The highest BCUT2D eigenvalue weighted by Crippen LogP contribution is 2.67. The zero-order valence-electron chi connectivity index (χ0n) is 11.6. The van der Waals surface area contributed by atoms with Gasteiger partial charge >= 0.3 is 13.6 Å². The van der Waals surface area contributed by atoms with Gasteiger partial charge in [-0.25, -0.2) is 0 Å². The van der Waals surface area contributed by atoms with Crippen LogP contribution in [0.4, 0.5) is 0 Å². The van der Waals surface area contributed by atoms with Crippen LogP contribution in [-0.4, -0.2) is 30.9 Å². The van der Waals surface area contributed by atoms with E-state index < -0.39 is 18.7 Å². The van der Waals surface area contributed by atoms with Gasteiger partial charge in [0.15, 0.2) is 5.16 Å². The molecule has 0 spiro atoms. The van der Waals surface area contributed by atoms with Crippen molar-refractivity contribution in [2.45, 2.75) is 32.3 Å². The highest BCUT2D eigenvalue weighted by molar-refractivity contribution is 7.56. The van der Waals surface area contributed by atoms with Crippen molar-refractivity contribution >= 4 is 13.6 Å². The summed E-state index contributed by atoms with van der Waals surface area (Å²) in [5.41, 5.74) is 0. The fraction of sp³-hybridized carbons (Fsp3) is 0.769. The Morgan fingerprint density at radius 1 is 1.37 bits per heavy atom. The van der Waals surface area contributed by atoms with Crippen molar-refractivity contribution in [1.82, 2.24) is 0 Å². The molecule has 6 heteroatoms. The number of ether oxygens (including phenoxy) is 1. The minimum atomic E-state index is -3.55. The van der Waals surface area contributed by atoms with E-state index in [2.05, 4.69) is 0 Å². The Hall–Kier alpha value is -0.640. The van der Waals surface area contributed by atoms with Gasteiger partial charge in [-0.3, -0.25) is 9.36 Å². The van der Waals surface area contributed by atoms with Crippen LogP contribution in [0.15, 0.2) is 12.2 Å². The van der Waals surface area contributed by atoms with Crippen LogP contribution in [0.5, 0.6) is 0 Å². The molecule has 0 aromatic heterocycles. The molecule has 2 rings (SSSR count). The Bertz CT molecular complexity index is 423. The SMILES string of the molecule is CCOP(=O)(OCC)[C@]12C[C@H](C=C[C@@H]1C)COC2=O. The highest BCUT2D eigenvalue weighted by atomic mass is 31.2. The summed E-state index contributed by atoms with van der Waals surface area (Å²) in [5.74, 6) is -0.575. The lowest BCUT2D eigenvalue weighted by Gasteiger charge is -2.46. The quantitative estimate of drug-likeness (QED) is 0.442. The van der Waals surface area contributed by atoms with Crippen LogP contribution in [0.3, 0.4) is 0 Å². The molecule has 0 unspecified atom stereocenters. The molecule has 2 bridgehead atoms. The summed E-state index contributed by atoms with van der Waals surface area (Å²) in [5, 5.41) is -1.18. The third-order valence-electron chi connectivity index (χ3n) is 3.87. The molecule has 0 aromatic carbocycles. The van der Waals surface area contributed by atoms with Crippen LogP contribution in [-0.2, 0) is 23.1 Å². The van der Waals surface area contributed by atoms with Gasteiger partial charge in [-0.2, -0.15) is 0 Å². The van der Waals surface area contributed by atoms with E-state index in [0.717, 1.165) is 0 Å². The van der Waals surface area contributed by atoms with Gasteiger partial charge in [0.2, 0.25) is 0 Å². The highest BCUT2D eigenvalue weighted by Gasteiger charge is 2.64. The van der Waals surface area contributed by atoms with E-state index in [0.29, 0.717) is 13.0 Å². The van der Waals surface area contributed by atoms with E-state index in [4.69, 9.17) is 13.8 Å². The first-order valence-corrected chi connectivity index (χ1v) is 8.29. The van der Waals surface area contributed by atoms with Gasteiger partial charge in [0.1, 0.15) is 0 Å². The van der Waals surface area contributed by atoms with E-state index in [9.17, 15) is 9.36 Å². The topological polar surface area (TPSA) is 61.8 Å². The summed E-state index contributed by atoms with van der Waals surface area (Å²) in [6, 6.07) is 0. The summed E-state index contributed by atoms with van der Waals surface area (Å²) in [6.45, 7) is 6.20. The number of hydrogen-bond acceptors (Lipinski definition) is 5. The largest absolute Gasteiger partial charge is 0.464 e. The van der Waals surface area contributed by atoms with E-state index >= 15 is 0 Å². The third-order valence-corrected chi connectivity index (χ3v) is 6.81. The maximum absolute atomic E-state index is 13.1. The predicted molar refractivity (Wildman–Crippen MR) is 71.0 cm³/mol. The summed E-state index contributed by atoms with van der Waals surface area (Å²) < 4.78 is 29.2. The van der Waals surface area contributed by atoms with Gasteiger partial charge in [-0.05, 0) is 20.3 Å². The number of rotatable bonds is 5. The number of cyclic esters (lactones) is 1. The predicted octanol–water partition coefficient (Wildman–Crippen LogP) is 2.76. The molecule has 5 nitrogen and oxygen atoms in total. The van der Waals surface area contributed by atoms with Crippen molar-refractivity contribution in [3.8, 4) is 0 Å². The standard InChI is InChI=1S/C13H21O5P/c1-4-17-19(15,18-5-2)13-8-11(7-6-10(13)3)9-16-12(13)14/h6-7,10-11H,4-5,8-9H2,1-3H3/t10-,11-,13+/m0/s1. The molecule has 0 amide bonds. The molecule has 0 N–H and O–H groups in total. The first-order chi connectivity index (χ1) is 9.00. The van der Waals surface area contributed by atoms with Crippen LogP contribution >= 0.6 is 7.60 Å². The minimum absolute atomic E-state index is 0.100. The summed E-state index contributed by atoms with van der Waals surface area (Å²) >= 11 is 0. The summed E-state index contributed by atoms with van der Waals surface area (Å²) in [6.07, 6.45) is 4.43. The minimum Gasteiger partial charge on any atom is -0.464 e. The monoisotopic (exact) mass is 288 g/mol. The Balaban J connectivity index is 2.49. The van der Waals surface area contributed by atoms with Crippen molar-refractivity contribution in [2.75, 3.05) is 19.8 Å². The maximum atomic E-state index is 13.1. The lowest BCUT2D eigenvalue weighted by Crippen LogP contribution is -2.53. The van der Waals surface area contributed by atoms with Crippen LogP contribution in [0.25, 0.3) is 0 Å².